The molecular weight excluding hydrogens is 438 g/mol. The van der Waals surface area contributed by atoms with Crippen molar-refractivity contribution in [3.63, 3.8) is 0 Å². The van der Waals surface area contributed by atoms with Crippen LogP contribution < -0.4 is 19.9 Å². The molecule has 7 heteroatoms. The van der Waals surface area contributed by atoms with Crippen LogP contribution in [0.1, 0.15) is 54.4 Å². The summed E-state index contributed by atoms with van der Waals surface area (Å²) in [5.41, 5.74) is 3.31. The van der Waals surface area contributed by atoms with Crippen molar-refractivity contribution < 1.29 is 9.53 Å². The topological polar surface area (TPSA) is 60.9 Å². The number of anilines is 2. The molecule has 0 radical (unpaired) electrons. The van der Waals surface area contributed by atoms with Gasteiger partial charge in [-0.25, -0.2) is 4.98 Å². The molecule has 1 spiro atoms. The Morgan fingerprint density at radius 2 is 1.77 bits per heavy atom. The monoisotopic (exact) mass is 475 g/mol. The van der Waals surface area contributed by atoms with Crippen molar-refractivity contribution in [3.05, 3.63) is 47.7 Å². The molecule has 4 heterocycles. The molecule has 0 bridgehead atoms. The van der Waals surface area contributed by atoms with Crippen LogP contribution in [0.15, 0.2) is 36.5 Å². The molecule has 7 nitrogen and oxygen atoms in total. The smallest absolute Gasteiger partial charge is 0.252 e. The number of nitrogens with zero attached hydrogens (tertiary/aromatic N) is 4. The van der Waals surface area contributed by atoms with E-state index >= 15 is 0 Å². The van der Waals surface area contributed by atoms with Gasteiger partial charge in [0.2, 0.25) is 0 Å². The zero-order valence-electron chi connectivity index (χ0n) is 20.8. The van der Waals surface area contributed by atoms with Crippen molar-refractivity contribution in [2.24, 2.45) is 0 Å². The van der Waals surface area contributed by atoms with Gasteiger partial charge in [0.15, 0.2) is 0 Å². The number of ether oxygens (including phenoxy) is 1. The number of nitrogens with one attached hydrogen (secondary N) is 1. The first-order valence-electron chi connectivity index (χ1n) is 13.4. The van der Waals surface area contributed by atoms with Crippen LogP contribution in [-0.2, 0) is 6.42 Å². The Labute approximate surface area is 208 Å². The summed E-state index contributed by atoms with van der Waals surface area (Å²) < 4.78 is 6.70. The van der Waals surface area contributed by atoms with Crippen LogP contribution in [-0.4, -0.2) is 73.8 Å². The number of piperazine rings is 1. The normalized spacial score (nSPS) is 22.3. The summed E-state index contributed by atoms with van der Waals surface area (Å²) in [7, 11) is 1.64. The molecule has 1 aromatic heterocycles. The van der Waals surface area contributed by atoms with Crippen molar-refractivity contribution in [1.82, 2.24) is 15.2 Å². The number of amides is 1. The van der Waals surface area contributed by atoms with Gasteiger partial charge in [0.25, 0.3) is 5.91 Å². The van der Waals surface area contributed by atoms with E-state index in [0.29, 0.717) is 5.56 Å². The van der Waals surface area contributed by atoms with E-state index in [4.69, 9.17) is 4.74 Å². The summed E-state index contributed by atoms with van der Waals surface area (Å²) in [6.07, 6.45) is 10.5. The first-order valence-corrected chi connectivity index (χ1v) is 13.4. The molecule has 1 saturated carbocycles. The summed E-state index contributed by atoms with van der Waals surface area (Å²) in [6, 6.07) is 11.5. The molecule has 2 aromatic rings. The zero-order valence-corrected chi connectivity index (χ0v) is 20.8. The third-order valence-electron chi connectivity index (χ3n) is 8.73. The molecule has 1 amide bonds. The van der Waals surface area contributed by atoms with Gasteiger partial charge in [-0.3, -0.25) is 4.79 Å². The van der Waals surface area contributed by atoms with E-state index in [2.05, 4.69) is 43.2 Å². The van der Waals surface area contributed by atoms with Crippen molar-refractivity contribution in [2.45, 2.75) is 56.6 Å². The minimum Gasteiger partial charge on any atom is -0.487 e. The minimum absolute atomic E-state index is 0.0563. The van der Waals surface area contributed by atoms with Gasteiger partial charge in [0.1, 0.15) is 17.2 Å². The molecule has 0 unspecified atom stereocenters. The van der Waals surface area contributed by atoms with E-state index in [1.165, 1.54) is 56.4 Å². The molecule has 35 heavy (non-hydrogen) atoms. The lowest BCUT2D eigenvalue weighted by Gasteiger charge is -2.48. The van der Waals surface area contributed by atoms with Gasteiger partial charge >= 0.3 is 0 Å². The van der Waals surface area contributed by atoms with E-state index in [9.17, 15) is 4.79 Å². The summed E-state index contributed by atoms with van der Waals surface area (Å²) in [5.74, 6) is 1.94. The van der Waals surface area contributed by atoms with E-state index in [1.54, 1.807) is 13.2 Å². The van der Waals surface area contributed by atoms with Crippen LogP contribution >= 0.6 is 0 Å². The van der Waals surface area contributed by atoms with E-state index in [1.807, 2.05) is 12.1 Å². The predicted octanol–water partition coefficient (Wildman–Crippen LogP) is 3.48. The molecule has 1 aliphatic carbocycles. The van der Waals surface area contributed by atoms with Gasteiger partial charge in [-0.1, -0.05) is 6.42 Å². The summed E-state index contributed by atoms with van der Waals surface area (Å²) in [5, 5.41) is 2.64. The van der Waals surface area contributed by atoms with Gasteiger partial charge in [-0.15, -0.1) is 0 Å². The maximum absolute atomic E-state index is 11.8. The number of carbonyl (C=O) groups is 1. The van der Waals surface area contributed by atoms with Crippen molar-refractivity contribution in [2.75, 3.05) is 56.1 Å². The van der Waals surface area contributed by atoms with Gasteiger partial charge < -0.3 is 24.8 Å². The molecule has 4 aliphatic rings. The third kappa shape index (κ3) is 4.46. The maximum atomic E-state index is 11.8. The average molecular weight is 476 g/mol. The van der Waals surface area contributed by atoms with Crippen LogP contribution in [0.2, 0.25) is 0 Å². The lowest BCUT2D eigenvalue weighted by atomic mass is 9.81. The van der Waals surface area contributed by atoms with Crippen LogP contribution in [0.4, 0.5) is 11.5 Å². The highest BCUT2D eigenvalue weighted by Crippen LogP contribution is 2.42. The third-order valence-corrected chi connectivity index (χ3v) is 8.73. The maximum Gasteiger partial charge on any atom is 0.252 e. The first kappa shape index (κ1) is 22.7. The summed E-state index contributed by atoms with van der Waals surface area (Å²) in [6.45, 7) is 6.15. The SMILES string of the molecule is CNC(=O)c1ccc(N2CCN(c3ccc4c(c3)CCC3(CCN(C5CCC5)CC3)O4)CC2)nc1. The first-order chi connectivity index (χ1) is 17.1. The highest BCUT2D eigenvalue weighted by Gasteiger charge is 2.41. The molecule has 186 valence electrons. The average Bonchev–Trinajstić information content (AvgIpc) is 2.88. The molecule has 6 rings (SSSR count). The Bertz CT molecular complexity index is 1050. The molecule has 2 saturated heterocycles. The van der Waals surface area contributed by atoms with Crippen LogP contribution in [0.3, 0.4) is 0 Å². The Morgan fingerprint density at radius 1 is 1.00 bits per heavy atom. The Morgan fingerprint density at radius 3 is 2.43 bits per heavy atom. The van der Waals surface area contributed by atoms with Crippen LogP contribution in [0.5, 0.6) is 5.75 Å². The highest BCUT2D eigenvalue weighted by atomic mass is 16.5. The number of likely N-dealkylation sites (tertiary alicyclic amines) is 1. The standard InChI is InChI=1S/C28H37N5O2/c1-29-27(34)22-5-8-26(30-20-22)33-17-15-32(16-18-33)24-6-7-25-21(19-24)9-10-28(35-25)11-13-31(14-12-28)23-3-2-4-23/h5-8,19-20,23H,2-4,9-18H2,1H3,(H,29,34). The Balaban J connectivity index is 1.05. The van der Waals surface area contributed by atoms with Gasteiger partial charge in [0, 0.05) is 64.2 Å². The lowest BCUT2D eigenvalue weighted by Crippen LogP contribution is -2.53. The fourth-order valence-corrected chi connectivity index (χ4v) is 6.15. The number of benzene rings is 1. The van der Waals surface area contributed by atoms with Crippen molar-refractivity contribution in [3.8, 4) is 5.75 Å². The quantitative estimate of drug-likeness (QED) is 0.731. The lowest BCUT2D eigenvalue weighted by molar-refractivity contribution is -0.0336. The summed E-state index contributed by atoms with van der Waals surface area (Å²) in [4.78, 5) is 23.8. The Kier molecular flexibility index (Phi) is 6.04. The number of hydrogen-bond acceptors (Lipinski definition) is 6. The second-order valence-electron chi connectivity index (χ2n) is 10.7. The molecule has 0 atom stereocenters. The number of carbonyl (C=O) groups excluding carboxylic acids is 1. The second kappa shape index (κ2) is 9.34. The molecule has 3 aliphatic heterocycles. The highest BCUT2D eigenvalue weighted by molar-refractivity contribution is 5.93. The molecule has 1 N–H and O–H groups in total. The van der Waals surface area contributed by atoms with Gasteiger partial charge in [-0.05, 0) is 74.4 Å². The number of hydrogen-bond donors (Lipinski definition) is 1. The number of pyridine rings is 1. The van der Waals surface area contributed by atoms with E-state index in [0.717, 1.165) is 56.6 Å². The van der Waals surface area contributed by atoms with Crippen LogP contribution in [0, 0.1) is 0 Å². The van der Waals surface area contributed by atoms with E-state index in [-0.39, 0.29) is 11.5 Å². The van der Waals surface area contributed by atoms with Crippen molar-refractivity contribution >= 4 is 17.4 Å². The van der Waals surface area contributed by atoms with E-state index < -0.39 is 0 Å². The second-order valence-corrected chi connectivity index (χ2v) is 10.7. The van der Waals surface area contributed by atoms with Crippen molar-refractivity contribution in [1.29, 1.82) is 0 Å². The van der Waals surface area contributed by atoms with Gasteiger partial charge in [0.05, 0.1) is 5.56 Å². The number of aromatic nitrogens is 1. The fourth-order valence-electron chi connectivity index (χ4n) is 6.15. The zero-order chi connectivity index (χ0) is 23.8. The number of rotatable bonds is 4. The number of piperidine rings is 1. The summed E-state index contributed by atoms with van der Waals surface area (Å²) >= 11 is 0. The molecule has 3 fully saturated rings. The predicted molar refractivity (Wildman–Crippen MR) is 139 cm³/mol. The number of aryl methyl sites for hydroxylation is 1. The molecular formula is C28H37N5O2. The number of fused-ring (bicyclic) bond motifs is 1. The minimum atomic E-state index is -0.102. The Hall–Kier alpha value is -2.80. The van der Waals surface area contributed by atoms with Crippen LogP contribution in [0.25, 0.3) is 0 Å². The molecule has 1 aromatic carbocycles. The van der Waals surface area contributed by atoms with Gasteiger partial charge in [-0.2, -0.15) is 0 Å². The largest absolute Gasteiger partial charge is 0.487 e. The fraction of sp³-hybridized carbons (Fsp3) is 0.571.